The largest absolute Gasteiger partial charge is 0.508 e. The third-order valence-corrected chi connectivity index (χ3v) is 4.63. The molecular formula is C12H16N2O4S. The van der Waals surface area contributed by atoms with Gasteiger partial charge in [0.05, 0.1) is 11.4 Å². The molecule has 2 rings (SSSR count). The van der Waals surface area contributed by atoms with Gasteiger partial charge in [0.1, 0.15) is 5.75 Å². The molecule has 1 aromatic carbocycles. The first-order valence-electron chi connectivity index (χ1n) is 5.94. The average Bonchev–Trinajstić information content (AvgIpc) is 3.12. The van der Waals surface area contributed by atoms with Crippen molar-refractivity contribution in [2.75, 3.05) is 13.6 Å². The lowest BCUT2D eigenvalue weighted by atomic mass is 10.3. The molecule has 1 aliphatic rings. The number of hydrogen-bond donors (Lipinski definition) is 2. The quantitative estimate of drug-likeness (QED) is 0.813. The standard InChI is InChI=1S/C12H16N2O4S/c1-14(8-12(16)13-9-5-6-9)19(17,18)11-4-2-3-10(15)7-11/h2-4,7,9,15H,5-6,8H2,1H3,(H,13,16). The summed E-state index contributed by atoms with van der Waals surface area (Å²) in [5.74, 6) is -0.439. The van der Waals surface area contributed by atoms with Crippen molar-refractivity contribution in [2.24, 2.45) is 0 Å². The Morgan fingerprint density at radius 3 is 2.74 bits per heavy atom. The van der Waals surface area contributed by atoms with E-state index in [1.54, 1.807) is 0 Å². The fourth-order valence-corrected chi connectivity index (χ4v) is 2.78. The summed E-state index contributed by atoms with van der Waals surface area (Å²) in [7, 11) is -2.42. The molecule has 0 unspecified atom stereocenters. The molecule has 104 valence electrons. The smallest absolute Gasteiger partial charge is 0.243 e. The Balaban J connectivity index is 2.07. The second kappa shape index (κ2) is 5.18. The van der Waals surface area contributed by atoms with Crippen molar-refractivity contribution in [3.63, 3.8) is 0 Å². The van der Waals surface area contributed by atoms with Gasteiger partial charge in [-0.05, 0) is 31.0 Å². The van der Waals surface area contributed by atoms with Crippen LogP contribution in [-0.2, 0) is 14.8 Å². The Labute approximate surface area is 112 Å². The lowest BCUT2D eigenvalue weighted by Gasteiger charge is -2.16. The fraction of sp³-hybridized carbons (Fsp3) is 0.417. The normalized spacial score (nSPS) is 15.5. The second-order valence-corrected chi connectivity index (χ2v) is 6.65. The first kappa shape index (κ1) is 13.8. The molecule has 0 spiro atoms. The fourth-order valence-electron chi connectivity index (χ4n) is 1.61. The Kier molecular flexibility index (Phi) is 3.77. The van der Waals surface area contributed by atoms with Gasteiger partial charge in [-0.15, -0.1) is 0 Å². The lowest BCUT2D eigenvalue weighted by Crippen LogP contribution is -2.39. The minimum atomic E-state index is -3.76. The number of amides is 1. The number of carbonyl (C=O) groups excluding carboxylic acids is 1. The summed E-state index contributed by atoms with van der Waals surface area (Å²) >= 11 is 0. The highest BCUT2D eigenvalue weighted by atomic mass is 32.2. The molecule has 0 bridgehead atoms. The summed E-state index contributed by atoms with van der Waals surface area (Å²) in [6, 6.07) is 5.57. The number of phenols is 1. The molecular weight excluding hydrogens is 268 g/mol. The van der Waals surface area contributed by atoms with E-state index in [0.29, 0.717) is 0 Å². The van der Waals surface area contributed by atoms with Crippen LogP contribution < -0.4 is 5.32 Å². The molecule has 0 radical (unpaired) electrons. The molecule has 0 saturated heterocycles. The van der Waals surface area contributed by atoms with Crippen LogP contribution in [0.25, 0.3) is 0 Å². The number of hydrogen-bond acceptors (Lipinski definition) is 4. The second-order valence-electron chi connectivity index (χ2n) is 4.60. The molecule has 0 heterocycles. The van der Waals surface area contributed by atoms with E-state index in [4.69, 9.17) is 0 Å². The van der Waals surface area contributed by atoms with Gasteiger partial charge >= 0.3 is 0 Å². The van der Waals surface area contributed by atoms with Crippen molar-refractivity contribution < 1.29 is 18.3 Å². The SMILES string of the molecule is CN(CC(=O)NC1CC1)S(=O)(=O)c1cccc(O)c1. The molecule has 7 heteroatoms. The van der Waals surface area contributed by atoms with Crippen LogP contribution in [0.4, 0.5) is 0 Å². The molecule has 1 amide bonds. The minimum Gasteiger partial charge on any atom is -0.508 e. The van der Waals surface area contributed by atoms with Crippen LogP contribution in [0.3, 0.4) is 0 Å². The first-order chi connectivity index (χ1) is 8.89. The van der Waals surface area contributed by atoms with Crippen molar-refractivity contribution in [3.8, 4) is 5.75 Å². The molecule has 1 fully saturated rings. The number of aromatic hydroxyl groups is 1. The van der Waals surface area contributed by atoms with E-state index in [2.05, 4.69) is 5.32 Å². The van der Waals surface area contributed by atoms with Gasteiger partial charge in [0.15, 0.2) is 0 Å². The van der Waals surface area contributed by atoms with Crippen LogP contribution in [0.1, 0.15) is 12.8 Å². The monoisotopic (exact) mass is 284 g/mol. The highest BCUT2D eigenvalue weighted by Gasteiger charge is 2.27. The number of likely N-dealkylation sites (N-methyl/N-ethyl adjacent to an activating group) is 1. The van der Waals surface area contributed by atoms with Crippen LogP contribution in [0.15, 0.2) is 29.2 Å². The van der Waals surface area contributed by atoms with E-state index in [0.717, 1.165) is 23.2 Å². The maximum Gasteiger partial charge on any atom is 0.243 e. The van der Waals surface area contributed by atoms with Crippen molar-refractivity contribution in [3.05, 3.63) is 24.3 Å². The van der Waals surface area contributed by atoms with Crippen molar-refractivity contribution in [1.82, 2.24) is 9.62 Å². The predicted molar refractivity (Wildman–Crippen MR) is 69.1 cm³/mol. The summed E-state index contributed by atoms with van der Waals surface area (Å²) in [6.45, 7) is -0.228. The maximum absolute atomic E-state index is 12.2. The summed E-state index contributed by atoms with van der Waals surface area (Å²) in [4.78, 5) is 11.5. The Hall–Kier alpha value is -1.60. The van der Waals surface area contributed by atoms with E-state index in [-0.39, 0.29) is 29.1 Å². The molecule has 0 aliphatic heterocycles. The molecule has 19 heavy (non-hydrogen) atoms. The van der Waals surface area contributed by atoms with Crippen molar-refractivity contribution >= 4 is 15.9 Å². The molecule has 0 atom stereocenters. The molecule has 6 nitrogen and oxygen atoms in total. The van der Waals surface area contributed by atoms with Gasteiger partial charge in [0, 0.05) is 13.1 Å². The van der Waals surface area contributed by atoms with E-state index in [1.165, 1.54) is 25.2 Å². The third kappa shape index (κ3) is 3.45. The number of benzene rings is 1. The number of carbonyl (C=O) groups is 1. The summed E-state index contributed by atoms with van der Waals surface area (Å²) in [6.07, 6.45) is 1.91. The highest BCUT2D eigenvalue weighted by molar-refractivity contribution is 7.89. The van der Waals surface area contributed by atoms with Gasteiger partial charge in [-0.25, -0.2) is 8.42 Å². The van der Waals surface area contributed by atoms with Crippen LogP contribution in [0.5, 0.6) is 5.75 Å². The van der Waals surface area contributed by atoms with Crippen LogP contribution >= 0.6 is 0 Å². The summed E-state index contributed by atoms with van der Waals surface area (Å²) < 4.78 is 25.3. The molecule has 1 saturated carbocycles. The molecule has 1 aliphatic carbocycles. The Morgan fingerprint density at radius 2 is 2.16 bits per heavy atom. The molecule has 1 aromatic rings. The van der Waals surface area contributed by atoms with Crippen LogP contribution in [0.2, 0.25) is 0 Å². The van der Waals surface area contributed by atoms with Gasteiger partial charge in [-0.2, -0.15) is 4.31 Å². The van der Waals surface area contributed by atoms with Crippen LogP contribution in [-0.4, -0.2) is 43.4 Å². The Morgan fingerprint density at radius 1 is 1.47 bits per heavy atom. The zero-order valence-corrected chi connectivity index (χ0v) is 11.4. The minimum absolute atomic E-state index is 0.0331. The van der Waals surface area contributed by atoms with Gasteiger partial charge in [0.25, 0.3) is 0 Å². The van der Waals surface area contributed by atoms with E-state index in [1.807, 2.05) is 0 Å². The number of rotatable bonds is 5. The molecule has 0 aromatic heterocycles. The topological polar surface area (TPSA) is 86.7 Å². The zero-order valence-electron chi connectivity index (χ0n) is 10.5. The Bertz CT molecular complexity index is 581. The van der Waals surface area contributed by atoms with Gasteiger partial charge in [-0.3, -0.25) is 4.79 Å². The van der Waals surface area contributed by atoms with Crippen molar-refractivity contribution in [2.45, 2.75) is 23.8 Å². The highest BCUT2D eigenvalue weighted by Crippen LogP contribution is 2.20. The number of sulfonamides is 1. The van der Waals surface area contributed by atoms with E-state index < -0.39 is 10.0 Å². The third-order valence-electron chi connectivity index (χ3n) is 2.83. The average molecular weight is 284 g/mol. The zero-order chi connectivity index (χ0) is 14.0. The summed E-state index contributed by atoms with van der Waals surface area (Å²) in [5.41, 5.74) is 0. The maximum atomic E-state index is 12.2. The van der Waals surface area contributed by atoms with E-state index >= 15 is 0 Å². The van der Waals surface area contributed by atoms with Gasteiger partial charge in [0.2, 0.25) is 15.9 Å². The van der Waals surface area contributed by atoms with E-state index in [9.17, 15) is 18.3 Å². The first-order valence-corrected chi connectivity index (χ1v) is 7.38. The predicted octanol–water partition coefficient (Wildman–Crippen LogP) is 0.291. The molecule has 2 N–H and O–H groups in total. The number of nitrogens with one attached hydrogen (secondary N) is 1. The van der Waals surface area contributed by atoms with Crippen molar-refractivity contribution in [1.29, 1.82) is 0 Å². The lowest BCUT2D eigenvalue weighted by molar-refractivity contribution is -0.121. The number of phenolic OH excluding ortho intramolecular Hbond substituents is 1. The van der Waals surface area contributed by atoms with Crippen LogP contribution in [0, 0.1) is 0 Å². The number of nitrogens with zero attached hydrogens (tertiary/aromatic N) is 1. The van der Waals surface area contributed by atoms with Gasteiger partial charge in [-0.1, -0.05) is 6.07 Å². The van der Waals surface area contributed by atoms with Gasteiger partial charge < -0.3 is 10.4 Å². The summed E-state index contributed by atoms with van der Waals surface area (Å²) in [5, 5.41) is 12.0.